The van der Waals surface area contributed by atoms with Gasteiger partial charge in [-0.2, -0.15) is 0 Å². The van der Waals surface area contributed by atoms with Gasteiger partial charge in [0.05, 0.1) is 0 Å². The van der Waals surface area contributed by atoms with Gasteiger partial charge >= 0.3 is 0 Å². The topological polar surface area (TPSA) is 0 Å². The number of hydrogen-bond acceptors (Lipinski definition) is 0. The summed E-state index contributed by atoms with van der Waals surface area (Å²) in [6, 6.07) is 17.1. The van der Waals surface area contributed by atoms with Crippen LogP contribution in [0, 0.1) is 0 Å². The Hall–Kier alpha value is -1.34. The molecule has 0 amide bonds. The van der Waals surface area contributed by atoms with Gasteiger partial charge in [-0.3, -0.25) is 0 Å². The third-order valence-electron chi connectivity index (χ3n) is 2.98. The van der Waals surface area contributed by atoms with Crippen LogP contribution in [0.15, 0.2) is 53.0 Å². The van der Waals surface area contributed by atoms with E-state index in [1.54, 1.807) is 0 Å². The molecular weight excluding hydrogens is 260 g/mol. The highest BCUT2D eigenvalue weighted by Gasteiger charge is 2.12. The molecule has 0 atom stereocenters. The number of hydrogen-bond donors (Lipinski definition) is 0. The van der Waals surface area contributed by atoms with Crippen LogP contribution in [-0.2, 0) is 6.42 Å². The molecule has 0 aromatic heterocycles. The Morgan fingerprint density at radius 2 is 1.62 bits per heavy atom. The molecule has 0 aliphatic heterocycles. The molecular formula is C15H11Br. The first-order valence-corrected chi connectivity index (χ1v) is 6.17. The third-order valence-corrected chi connectivity index (χ3v) is 3.51. The van der Waals surface area contributed by atoms with Crippen molar-refractivity contribution in [2.75, 3.05) is 0 Å². The Labute approximate surface area is 104 Å². The first-order chi connectivity index (χ1) is 7.83. The van der Waals surface area contributed by atoms with E-state index >= 15 is 0 Å². The molecule has 0 heterocycles. The quantitative estimate of drug-likeness (QED) is 0.714. The first kappa shape index (κ1) is 9.86. The summed E-state index contributed by atoms with van der Waals surface area (Å²) in [5.74, 6) is 0. The van der Waals surface area contributed by atoms with E-state index < -0.39 is 0 Å². The number of benzene rings is 2. The van der Waals surface area contributed by atoms with Crippen molar-refractivity contribution in [3.8, 4) is 0 Å². The molecule has 2 aromatic carbocycles. The fourth-order valence-electron chi connectivity index (χ4n) is 2.13. The summed E-state index contributed by atoms with van der Waals surface area (Å²) < 4.78 is 1.13. The number of fused-ring (bicyclic) bond motifs is 1. The summed E-state index contributed by atoms with van der Waals surface area (Å²) in [6.07, 6.45) is 3.34. The van der Waals surface area contributed by atoms with E-state index in [1.807, 2.05) is 0 Å². The highest BCUT2D eigenvalue weighted by Crippen LogP contribution is 2.31. The summed E-state index contributed by atoms with van der Waals surface area (Å²) in [4.78, 5) is 0. The monoisotopic (exact) mass is 270 g/mol. The second kappa shape index (κ2) is 3.91. The van der Waals surface area contributed by atoms with Gasteiger partial charge in [-0.1, -0.05) is 58.4 Å². The predicted molar refractivity (Wildman–Crippen MR) is 72.2 cm³/mol. The fraction of sp³-hybridized carbons (Fsp3) is 0.0667. The second-order valence-electron chi connectivity index (χ2n) is 4.05. The van der Waals surface area contributed by atoms with Crippen molar-refractivity contribution in [1.82, 2.24) is 0 Å². The van der Waals surface area contributed by atoms with Gasteiger partial charge in [-0.15, -0.1) is 0 Å². The molecule has 1 aliphatic carbocycles. The molecule has 16 heavy (non-hydrogen) atoms. The van der Waals surface area contributed by atoms with E-state index in [9.17, 15) is 0 Å². The molecule has 0 saturated carbocycles. The van der Waals surface area contributed by atoms with Crippen LogP contribution in [-0.4, -0.2) is 0 Å². The Morgan fingerprint density at radius 3 is 2.38 bits per heavy atom. The minimum atomic E-state index is 1.05. The lowest BCUT2D eigenvalue weighted by atomic mass is 10.0. The van der Waals surface area contributed by atoms with E-state index in [4.69, 9.17) is 0 Å². The van der Waals surface area contributed by atoms with Crippen molar-refractivity contribution >= 4 is 27.6 Å². The molecule has 2 aromatic rings. The molecule has 0 bridgehead atoms. The van der Waals surface area contributed by atoms with Crippen molar-refractivity contribution in [2.45, 2.75) is 6.42 Å². The molecule has 0 nitrogen and oxygen atoms in total. The van der Waals surface area contributed by atoms with E-state index in [1.165, 1.54) is 22.3 Å². The van der Waals surface area contributed by atoms with E-state index in [0.717, 1.165) is 10.9 Å². The van der Waals surface area contributed by atoms with E-state index in [2.05, 4.69) is 70.5 Å². The summed E-state index contributed by atoms with van der Waals surface area (Å²) >= 11 is 3.46. The largest absolute Gasteiger partial charge is 0.0619 e. The maximum atomic E-state index is 3.46. The van der Waals surface area contributed by atoms with Gasteiger partial charge in [0.1, 0.15) is 0 Å². The molecule has 0 N–H and O–H groups in total. The maximum Gasteiger partial charge on any atom is 0.0175 e. The Bertz CT molecular complexity index is 550. The lowest BCUT2D eigenvalue weighted by molar-refractivity contribution is 1.31. The standard InChI is InChI=1S/C15H11Br/c16-15-7-5-11(6-8-15)14-9-12-3-1-2-4-13(12)10-14/h1-9H,10H2. The normalized spacial score (nSPS) is 13.4. The zero-order valence-electron chi connectivity index (χ0n) is 8.78. The van der Waals surface area contributed by atoms with E-state index in [0.29, 0.717) is 0 Å². The van der Waals surface area contributed by atoms with Gasteiger partial charge in [-0.05, 0) is 40.8 Å². The average molecular weight is 271 g/mol. The molecule has 0 fully saturated rings. The lowest BCUT2D eigenvalue weighted by Gasteiger charge is -2.02. The Balaban J connectivity index is 1.98. The van der Waals surface area contributed by atoms with Crippen LogP contribution < -0.4 is 0 Å². The Morgan fingerprint density at radius 1 is 0.875 bits per heavy atom. The first-order valence-electron chi connectivity index (χ1n) is 5.37. The van der Waals surface area contributed by atoms with Gasteiger partial charge in [0.25, 0.3) is 0 Å². The van der Waals surface area contributed by atoms with Crippen LogP contribution >= 0.6 is 15.9 Å². The molecule has 0 saturated heterocycles. The van der Waals surface area contributed by atoms with Crippen LogP contribution in [0.1, 0.15) is 16.7 Å². The smallest absolute Gasteiger partial charge is 0.0175 e. The van der Waals surface area contributed by atoms with Gasteiger partial charge in [-0.25, -0.2) is 0 Å². The minimum absolute atomic E-state index is 1.05. The van der Waals surface area contributed by atoms with Crippen LogP contribution in [0.25, 0.3) is 11.6 Å². The van der Waals surface area contributed by atoms with Crippen LogP contribution in [0.5, 0.6) is 0 Å². The average Bonchev–Trinajstić information content (AvgIpc) is 2.73. The van der Waals surface area contributed by atoms with Gasteiger partial charge in [0.15, 0.2) is 0 Å². The fourth-order valence-corrected chi connectivity index (χ4v) is 2.39. The predicted octanol–water partition coefficient (Wildman–Crippen LogP) is 4.55. The molecule has 1 heteroatoms. The molecule has 0 spiro atoms. The van der Waals surface area contributed by atoms with Gasteiger partial charge in [0, 0.05) is 4.47 Å². The van der Waals surface area contributed by atoms with Gasteiger partial charge < -0.3 is 0 Å². The van der Waals surface area contributed by atoms with Crippen molar-refractivity contribution in [2.24, 2.45) is 0 Å². The zero-order chi connectivity index (χ0) is 11.0. The highest BCUT2D eigenvalue weighted by atomic mass is 79.9. The highest BCUT2D eigenvalue weighted by molar-refractivity contribution is 9.10. The Kier molecular flexibility index (Phi) is 2.41. The van der Waals surface area contributed by atoms with Crippen LogP contribution in [0.3, 0.4) is 0 Å². The van der Waals surface area contributed by atoms with Crippen molar-refractivity contribution in [1.29, 1.82) is 0 Å². The summed E-state index contributed by atoms with van der Waals surface area (Å²) in [7, 11) is 0. The van der Waals surface area contributed by atoms with Gasteiger partial charge in [0.2, 0.25) is 0 Å². The number of rotatable bonds is 1. The lowest BCUT2D eigenvalue weighted by Crippen LogP contribution is -1.84. The molecule has 3 rings (SSSR count). The zero-order valence-corrected chi connectivity index (χ0v) is 10.4. The maximum absolute atomic E-state index is 3.46. The number of allylic oxidation sites excluding steroid dienone is 1. The minimum Gasteiger partial charge on any atom is -0.0619 e. The van der Waals surface area contributed by atoms with Crippen molar-refractivity contribution < 1.29 is 0 Å². The summed E-state index contributed by atoms with van der Waals surface area (Å²) in [6.45, 7) is 0. The SMILES string of the molecule is Brc1ccc(C2=Cc3ccccc3C2)cc1. The van der Waals surface area contributed by atoms with Crippen molar-refractivity contribution in [3.63, 3.8) is 0 Å². The van der Waals surface area contributed by atoms with E-state index in [-0.39, 0.29) is 0 Å². The molecule has 0 radical (unpaired) electrons. The molecule has 0 unspecified atom stereocenters. The number of halogens is 1. The van der Waals surface area contributed by atoms with Crippen molar-refractivity contribution in [3.05, 3.63) is 69.7 Å². The van der Waals surface area contributed by atoms with Crippen LogP contribution in [0.4, 0.5) is 0 Å². The molecule has 78 valence electrons. The summed E-state index contributed by atoms with van der Waals surface area (Å²) in [5, 5.41) is 0. The molecule has 1 aliphatic rings. The third kappa shape index (κ3) is 1.72. The van der Waals surface area contributed by atoms with Crippen LogP contribution in [0.2, 0.25) is 0 Å². The summed E-state index contributed by atoms with van der Waals surface area (Å²) in [5.41, 5.74) is 5.52. The second-order valence-corrected chi connectivity index (χ2v) is 4.97.